The first-order chi connectivity index (χ1) is 9.87. The smallest absolute Gasteiger partial charge is 0.240 e. The van der Waals surface area contributed by atoms with Gasteiger partial charge in [-0.1, -0.05) is 11.8 Å². The van der Waals surface area contributed by atoms with E-state index in [4.69, 9.17) is 0 Å². The highest BCUT2D eigenvalue weighted by molar-refractivity contribution is 7.99. The summed E-state index contributed by atoms with van der Waals surface area (Å²) in [4.78, 5) is 2.17. The maximum atomic E-state index is 12.0. The van der Waals surface area contributed by atoms with Gasteiger partial charge in [-0.15, -0.1) is 0 Å². The van der Waals surface area contributed by atoms with Crippen molar-refractivity contribution >= 4 is 21.8 Å². The molecule has 2 rings (SSSR count). The number of sulfonamides is 1. The highest BCUT2D eigenvalue weighted by atomic mass is 32.2. The van der Waals surface area contributed by atoms with E-state index in [0.29, 0.717) is 0 Å². The number of phenols is 1. The predicted molar refractivity (Wildman–Crippen MR) is 84.1 cm³/mol. The molecule has 0 atom stereocenters. The molecule has 112 valence electrons. The van der Waals surface area contributed by atoms with Crippen LogP contribution in [0.5, 0.6) is 5.75 Å². The van der Waals surface area contributed by atoms with Crippen LogP contribution < -0.4 is 4.72 Å². The molecule has 0 heterocycles. The van der Waals surface area contributed by atoms with Crippen molar-refractivity contribution in [3.8, 4) is 5.75 Å². The summed E-state index contributed by atoms with van der Waals surface area (Å²) < 4.78 is 26.6. The third kappa shape index (κ3) is 4.49. The predicted octanol–water partition coefficient (Wildman–Crippen LogP) is 3.23. The van der Waals surface area contributed by atoms with Crippen molar-refractivity contribution in [3.05, 3.63) is 48.5 Å². The topological polar surface area (TPSA) is 66.4 Å². The van der Waals surface area contributed by atoms with Gasteiger partial charge in [0.25, 0.3) is 0 Å². The van der Waals surface area contributed by atoms with E-state index in [-0.39, 0.29) is 16.7 Å². The monoisotopic (exact) mass is 323 g/mol. The summed E-state index contributed by atoms with van der Waals surface area (Å²) in [6.45, 7) is 3.57. The van der Waals surface area contributed by atoms with Crippen LogP contribution in [0.3, 0.4) is 0 Å². The SMILES string of the molecule is CC(C)NS(=O)(=O)c1ccc(Sc2ccc(O)cc2)cc1. The van der Waals surface area contributed by atoms with Gasteiger partial charge in [-0.2, -0.15) is 0 Å². The van der Waals surface area contributed by atoms with E-state index >= 15 is 0 Å². The molecule has 21 heavy (non-hydrogen) atoms. The van der Waals surface area contributed by atoms with Crippen LogP contribution in [0.4, 0.5) is 0 Å². The molecule has 0 aliphatic rings. The molecule has 4 nitrogen and oxygen atoms in total. The Morgan fingerprint density at radius 2 is 1.43 bits per heavy atom. The summed E-state index contributed by atoms with van der Waals surface area (Å²) in [5.41, 5.74) is 0. The lowest BCUT2D eigenvalue weighted by atomic mass is 10.3. The lowest BCUT2D eigenvalue weighted by Crippen LogP contribution is -2.30. The van der Waals surface area contributed by atoms with Crippen LogP contribution >= 0.6 is 11.8 Å². The normalized spacial score (nSPS) is 11.8. The fourth-order valence-electron chi connectivity index (χ4n) is 1.72. The first-order valence-electron chi connectivity index (χ1n) is 6.46. The van der Waals surface area contributed by atoms with Gasteiger partial charge < -0.3 is 5.11 Å². The van der Waals surface area contributed by atoms with Gasteiger partial charge in [0.05, 0.1) is 4.90 Å². The van der Waals surface area contributed by atoms with Crippen LogP contribution in [-0.4, -0.2) is 19.6 Å². The fourth-order valence-corrected chi connectivity index (χ4v) is 3.78. The number of hydrogen-bond acceptors (Lipinski definition) is 4. The average Bonchev–Trinajstić information content (AvgIpc) is 2.41. The summed E-state index contributed by atoms with van der Waals surface area (Å²) in [7, 11) is -3.45. The molecule has 0 saturated heterocycles. The minimum Gasteiger partial charge on any atom is -0.508 e. The molecular formula is C15H17NO3S2. The largest absolute Gasteiger partial charge is 0.508 e. The van der Waals surface area contributed by atoms with E-state index in [1.165, 1.54) is 11.8 Å². The van der Waals surface area contributed by atoms with Crippen molar-refractivity contribution in [2.45, 2.75) is 34.6 Å². The Morgan fingerprint density at radius 3 is 1.90 bits per heavy atom. The van der Waals surface area contributed by atoms with Gasteiger partial charge in [-0.3, -0.25) is 0 Å². The molecule has 0 bridgehead atoms. The van der Waals surface area contributed by atoms with E-state index in [0.717, 1.165) is 9.79 Å². The number of phenolic OH excluding ortho intramolecular Hbond substituents is 1. The first-order valence-corrected chi connectivity index (χ1v) is 8.76. The Labute approximate surface area is 129 Å². The Morgan fingerprint density at radius 1 is 0.952 bits per heavy atom. The highest BCUT2D eigenvalue weighted by Gasteiger charge is 2.14. The van der Waals surface area contributed by atoms with E-state index in [1.807, 2.05) is 12.1 Å². The number of aromatic hydroxyl groups is 1. The van der Waals surface area contributed by atoms with E-state index in [9.17, 15) is 13.5 Å². The maximum absolute atomic E-state index is 12.0. The summed E-state index contributed by atoms with van der Waals surface area (Å²) in [6, 6.07) is 13.4. The molecule has 2 aromatic carbocycles. The summed E-state index contributed by atoms with van der Waals surface area (Å²) in [5, 5.41) is 9.24. The second-order valence-corrected chi connectivity index (χ2v) is 7.70. The lowest BCUT2D eigenvalue weighted by molar-refractivity contribution is 0.475. The Kier molecular flexibility index (Phi) is 4.92. The van der Waals surface area contributed by atoms with Gasteiger partial charge in [-0.25, -0.2) is 13.1 Å². The molecule has 2 N–H and O–H groups in total. The quantitative estimate of drug-likeness (QED) is 0.886. The van der Waals surface area contributed by atoms with Crippen molar-refractivity contribution < 1.29 is 13.5 Å². The second kappa shape index (κ2) is 6.51. The van der Waals surface area contributed by atoms with Crippen LogP contribution in [0.1, 0.15) is 13.8 Å². The Balaban J connectivity index is 2.14. The molecule has 0 saturated carbocycles. The average molecular weight is 323 g/mol. The van der Waals surface area contributed by atoms with Crippen LogP contribution in [0.25, 0.3) is 0 Å². The number of hydrogen-bond donors (Lipinski definition) is 2. The third-order valence-electron chi connectivity index (χ3n) is 2.60. The van der Waals surface area contributed by atoms with Crippen molar-refractivity contribution in [3.63, 3.8) is 0 Å². The highest BCUT2D eigenvalue weighted by Crippen LogP contribution is 2.29. The molecule has 0 aromatic heterocycles. The summed E-state index contributed by atoms with van der Waals surface area (Å²) in [6.07, 6.45) is 0. The minimum absolute atomic E-state index is 0.138. The zero-order valence-electron chi connectivity index (χ0n) is 11.8. The number of benzene rings is 2. The molecule has 0 radical (unpaired) electrons. The van der Waals surface area contributed by atoms with E-state index in [2.05, 4.69) is 4.72 Å². The molecule has 0 aliphatic carbocycles. The molecule has 0 amide bonds. The molecule has 0 aliphatic heterocycles. The molecule has 6 heteroatoms. The van der Waals surface area contributed by atoms with Crippen molar-refractivity contribution in [2.75, 3.05) is 0 Å². The zero-order valence-corrected chi connectivity index (χ0v) is 13.4. The maximum Gasteiger partial charge on any atom is 0.240 e. The molecule has 0 fully saturated rings. The van der Waals surface area contributed by atoms with Gasteiger partial charge >= 0.3 is 0 Å². The van der Waals surface area contributed by atoms with Gasteiger partial charge in [0.1, 0.15) is 5.75 Å². The number of nitrogens with one attached hydrogen (secondary N) is 1. The van der Waals surface area contributed by atoms with Crippen LogP contribution in [0.2, 0.25) is 0 Å². The summed E-state index contributed by atoms with van der Waals surface area (Å²) in [5.74, 6) is 0.223. The van der Waals surface area contributed by atoms with Crippen molar-refractivity contribution in [2.24, 2.45) is 0 Å². The third-order valence-corrected chi connectivity index (χ3v) is 5.29. The van der Waals surface area contributed by atoms with Gasteiger partial charge in [0, 0.05) is 15.8 Å². The summed E-state index contributed by atoms with van der Waals surface area (Å²) >= 11 is 1.50. The second-order valence-electron chi connectivity index (χ2n) is 4.84. The van der Waals surface area contributed by atoms with Gasteiger partial charge in [-0.05, 0) is 62.4 Å². The molecule has 0 unspecified atom stereocenters. The zero-order chi connectivity index (χ0) is 15.5. The lowest BCUT2D eigenvalue weighted by Gasteiger charge is -2.10. The molecule has 2 aromatic rings. The van der Waals surface area contributed by atoms with Crippen LogP contribution in [-0.2, 0) is 10.0 Å². The number of rotatable bonds is 5. The van der Waals surface area contributed by atoms with Crippen molar-refractivity contribution in [1.29, 1.82) is 0 Å². The van der Waals surface area contributed by atoms with Crippen LogP contribution in [0, 0.1) is 0 Å². The first kappa shape index (κ1) is 15.9. The van der Waals surface area contributed by atoms with Gasteiger partial charge in [0.2, 0.25) is 10.0 Å². The fraction of sp³-hybridized carbons (Fsp3) is 0.200. The Bertz CT molecular complexity index is 693. The Hall–Kier alpha value is -1.50. The van der Waals surface area contributed by atoms with Crippen LogP contribution in [0.15, 0.2) is 63.2 Å². The van der Waals surface area contributed by atoms with E-state index < -0.39 is 10.0 Å². The van der Waals surface area contributed by atoms with Gasteiger partial charge in [0.15, 0.2) is 0 Å². The van der Waals surface area contributed by atoms with Crippen molar-refractivity contribution in [1.82, 2.24) is 4.72 Å². The molecule has 0 spiro atoms. The minimum atomic E-state index is -3.45. The molecular weight excluding hydrogens is 306 g/mol. The van der Waals surface area contributed by atoms with E-state index in [1.54, 1.807) is 50.2 Å². The standard InChI is InChI=1S/C15H17NO3S2/c1-11(2)16-21(18,19)15-9-7-14(8-10-15)20-13-5-3-12(17)4-6-13/h3-11,16-17H,1-2H3.